The van der Waals surface area contributed by atoms with Crippen molar-refractivity contribution in [3.63, 3.8) is 0 Å². The van der Waals surface area contributed by atoms with Gasteiger partial charge in [-0.2, -0.15) is 0 Å². The van der Waals surface area contributed by atoms with E-state index in [2.05, 4.69) is 0 Å². The maximum atomic E-state index is 10.8. The van der Waals surface area contributed by atoms with Crippen molar-refractivity contribution < 1.29 is 30.0 Å². The van der Waals surface area contributed by atoms with Crippen molar-refractivity contribution in [1.29, 1.82) is 0 Å². The van der Waals surface area contributed by atoms with Gasteiger partial charge in [-0.05, 0) is 0 Å². The molecule has 0 aliphatic rings. The van der Waals surface area contributed by atoms with Crippen LogP contribution in [-0.2, 0) is 16.0 Å². The first-order valence-electron chi connectivity index (χ1n) is 5.87. The van der Waals surface area contributed by atoms with Crippen molar-refractivity contribution >= 4 is 31.4 Å². The number of benzene rings is 1. The van der Waals surface area contributed by atoms with E-state index >= 15 is 0 Å². The van der Waals surface area contributed by atoms with Crippen LogP contribution in [0.1, 0.15) is 5.56 Å². The number of hydrogen-bond acceptors (Lipinski definition) is 6. The van der Waals surface area contributed by atoms with Gasteiger partial charge in [-0.15, -0.1) is 0 Å². The van der Waals surface area contributed by atoms with Crippen molar-refractivity contribution in [3.8, 4) is 11.5 Å². The van der Waals surface area contributed by atoms with E-state index in [-0.39, 0.29) is 23.2 Å². The number of hydrogen-bond donors (Lipinski definition) is 6. The molecule has 0 heterocycles. The standard InChI is InChI=1S/C12H16N2O6Se/c13-6(11(17)18)3-5-1-2-8(15)9(16)10(5)21-4-7(14)12(19)20/h1-2,6-7,15-16H,3-4,13-14H2,(H,17,18)(H,19,20)/t6-,7-/m0/s1. The third-order valence-electron chi connectivity index (χ3n) is 2.67. The summed E-state index contributed by atoms with van der Waals surface area (Å²) in [7, 11) is 0. The van der Waals surface area contributed by atoms with Crippen LogP contribution in [0.5, 0.6) is 11.5 Å². The molecule has 21 heavy (non-hydrogen) atoms. The number of aliphatic carboxylic acids is 2. The Morgan fingerprint density at radius 2 is 1.67 bits per heavy atom. The first-order valence-corrected chi connectivity index (χ1v) is 7.94. The summed E-state index contributed by atoms with van der Waals surface area (Å²) in [6.07, 6.45) is -0.0391. The third-order valence-corrected chi connectivity index (χ3v) is 5.34. The molecule has 0 saturated carbocycles. The quantitative estimate of drug-likeness (QED) is 0.244. The minimum atomic E-state index is -1.19. The first kappa shape index (κ1) is 17.3. The molecule has 1 rings (SSSR count). The molecule has 8 N–H and O–H groups in total. The van der Waals surface area contributed by atoms with Crippen LogP contribution in [0.15, 0.2) is 12.1 Å². The van der Waals surface area contributed by atoms with Gasteiger partial charge in [-0.3, -0.25) is 0 Å². The molecule has 0 aliphatic heterocycles. The topological polar surface area (TPSA) is 167 Å². The van der Waals surface area contributed by atoms with Gasteiger partial charge in [0.2, 0.25) is 0 Å². The molecule has 116 valence electrons. The van der Waals surface area contributed by atoms with E-state index in [1.807, 2.05) is 0 Å². The van der Waals surface area contributed by atoms with E-state index in [0.717, 1.165) is 0 Å². The molecule has 1 aromatic carbocycles. The molecule has 0 aliphatic carbocycles. The molecule has 0 aromatic heterocycles. The predicted molar refractivity (Wildman–Crippen MR) is 74.9 cm³/mol. The Bertz CT molecular complexity index is 551. The van der Waals surface area contributed by atoms with Crippen LogP contribution in [0, 0.1) is 0 Å². The summed E-state index contributed by atoms with van der Waals surface area (Å²) in [6, 6.07) is 0.446. The molecule has 0 fully saturated rings. The van der Waals surface area contributed by atoms with Gasteiger partial charge >= 0.3 is 126 Å². The molecule has 1 aromatic rings. The fraction of sp³-hybridized carbons (Fsp3) is 0.333. The summed E-state index contributed by atoms with van der Waals surface area (Å²) in [6.45, 7) is 0. The van der Waals surface area contributed by atoms with Gasteiger partial charge in [0.25, 0.3) is 0 Å². The van der Waals surface area contributed by atoms with Gasteiger partial charge in [-0.25, -0.2) is 0 Å². The van der Waals surface area contributed by atoms with E-state index in [1.165, 1.54) is 12.1 Å². The van der Waals surface area contributed by atoms with Gasteiger partial charge in [0.15, 0.2) is 0 Å². The second-order valence-electron chi connectivity index (χ2n) is 4.33. The second kappa shape index (κ2) is 7.28. The number of carboxylic acids is 2. The molecular weight excluding hydrogens is 347 g/mol. The Morgan fingerprint density at radius 3 is 2.19 bits per heavy atom. The Labute approximate surface area is 126 Å². The van der Waals surface area contributed by atoms with E-state index < -0.39 is 39.0 Å². The van der Waals surface area contributed by atoms with Crippen molar-refractivity contribution in [2.75, 3.05) is 0 Å². The van der Waals surface area contributed by atoms with Crippen LogP contribution in [-0.4, -0.2) is 59.4 Å². The van der Waals surface area contributed by atoms with Gasteiger partial charge in [0.05, 0.1) is 0 Å². The number of phenols is 2. The van der Waals surface area contributed by atoms with Crippen molar-refractivity contribution in [1.82, 2.24) is 0 Å². The molecule has 0 unspecified atom stereocenters. The van der Waals surface area contributed by atoms with E-state index in [9.17, 15) is 19.8 Å². The van der Waals surface area contributed by atoms with Gasteiger partial charge < -0.3 is 0 Å². The second-order valence-corrected chi connectivity index (χ2v) is 6.49. The van der Waals surface area contributed by atoms with Gasteiger partial charge in [-0.1, -0.05) is 0 Å². The van der Waals surface area contributed by atoms with Crippen molar-refractivity contribution in [2.24, 2.45) is 11.5 Å². The summed E-state index contributed by atoms with van der Waals surface area (Å²) in [5, 5.41) is 37.0. The summed E-state index contributed by atoms with van der Waals surface area (Å²) in [4.78, 5) is 21.5. The van der Waals surface area contributed by atoms with Gasteiger partial charge in [0.1, 0.15) is 0 Å². The molecule has 0 spiro atoms. The van der Waals surface area contributed by atoms with E-state index in [0.29, 0.717) is 10.0 Å². The van der Waals surface area contributed by atoms with Crippen LogP contribution in [0.4, 0.5) is 0 Å². The van der Waals surface area contributed by atoms with Crippen molar-refractivity contribution in [3.05, 3.63) is 17.7 Å². The molecule has 0 amide bonds. The summed E-state index contributed by atoms with van der Waals surface area (Å²) in [5.74, 6) is -3.10. The van der Waals surface area contributed by atoms with Crippen LogP contribution in [0.25, 0.3) is 0 Å². The predicted octanol–water partition coefficient (Wildman–Crippen LogP) is -1.79. The first-order chi connectivity index (χ1) is 9.73. The SMILES string of the molecule is N[C@@H](C[Se]c1c(C[C@H](N)C(=O)O)ccc(O)c1O)C(=O)O. The zero-order valence-corrected chi connectivity index (χ0v) is 12.6. The fourth-order valence-corrected chi connectivity index (χ4v) is 3.73. The molecule has 0 saturated heterocycles. The van der Waals surface area contributed by atoms with E-state index in [1.54, 1.807) is 0 Å². The van der Waals surface area contributed by atoms with Crippen molar-refractivity contribution in [2.45, 2.75) is 23.8 Å². The summed E-state index contributed by atoms with van der Waals surface area (Å²) >= 11 is -0.547. The molecule has 0 radical (unpaired) electrons. The summed E-state index contributed by atoms with van der Waals surface area (Å²) < 4.78 is 0.316. The number of carbonyl (C=O) groups is 2. The Hall–Kier alpha value is -1.80. The zero-order valence-electron chi connectivity index (χ0n) is 10.9. The minimum absolute atomic E-state index is 0.0391. The molecule has 9 heteroatoms. The Kier molecular flexibility index (Phi) is 5.98. The number of rotatable bonds is 7. The van der Waals surface area contributed by atoms with Crippen LogP contribution in [0.2, 0.25) is 5.32 Å². The van der Waals surface area contributed by atoms with Crippen LogP contribution in [0.3, 0.4) is 0 Å². The number of phenolic OH excluding ortho intramolecular Hbond substituents is 2. The average molecular weight is 363 g/mol. The Morgan fingerprint density at radius 1 is 1.10 bits per heavy atom. The third kappa shape index (κ3) is 4.61. The fourth-order valence-electron chi connectivity index (χ4n) is 1.49. The van der Waals surface area contributed by atoms with Gasteiger partial charge in [0, 0.05) is 0 Å². The van der Waals surface area contributed by atoms with Crippen LogP contribution >= 0.6 is 0 Å². The molecule has 8 nitrogen and oxygen atoms in total. The summed E-state index contributed by atoms with van der Waals surface area (Å²) in [5.41, 5.74) is 11.3. The molecule has 2 atom stereocenters. The monoisotopic (exact) mass is 364 g/mol. The van der Waals surface area contributed by atoms with E-state index in [4.69, 9.17) is 21.7 Å². The molecule has 0 bridgehead atoms. The maximum absolute atomic E-state index is 10.8. The Balaban J connectivity index is 3.00. The average Bonchev–Trinajstić information content (AvgIpc) is 2.41. The zero-order chi connectivity index (χ0) is 16.2. The van der Waals surface area contributed by atoms with Crippen LogP contribution < -0.4 is 15.9 Å². The normalized spacial score (nSPS) is 13.6. The number of carboxylic acid groups (broad SMARTS) is 2. The molecular formula is C12H16N2O6Se. The number of aromatic hydroxyl groups is 2. The number of nitrogens with two attached hydrogens (primary N) is 2.